The molecule has 4 rings (SSSR count). The molecule has 2 amide bonds. The van der Waals surface area contributed by atoms with Crippen LogP contribution in [0, 0.1) is 0 Å². The van der Waals surface area contributed by atoms with Crippen molar-refractivity contribution in [2.75, 3.05) is 20.8 Å². The van der Waals surface area contributed by atoms with Crippen molar-refractivity contribution >= 4 is 29.1 Å². The predicted molar refractivity (Wildman–Crippen MR) is 123 cm³/mol. The number of carbonyl (C=O) groups excluding carboxylic acids is 2. The topological polar surface area (TPSA) is 69.0 Å². The standard InChI is InChI=1S/C25H23NO5S/c1-29-20-11-10-17(15-21(20)30-2)12-13-26-24(27)22(18-7-4-3-5-8-18)23(25(26)28)32-16-19-9-6-14-31-19/h3-11,14-15H,12-13,16H2,1-2H3. The fraction of sp³-hybridized carbons (Fsp3) is 0.200. The van der Waals surface area contributed by atoms with Gasteiger partial charge in [-0.05, 0) is 41.8 Å². The lowest BCUT2D eigenvalue weighted by molar-refractivity contribution is -0.136. The molecule has 0 saturated carbocycles. The van der Waals surface area contributed by atoms with Crippen molar-refractivity contribution in [1.82, 2.24) is 4.90 Å². The van der Waals surface area contributed by atoms with Crippen LogP contribution in [0.25, 0.3) is 5.57 Å². The van der Waals surface area contributed by atoms with Gasteiger partial charge in [0.2, 0.25) is 0 Å². The van der Waals surface area contributed by atoms with E-state index in [1.165, 1.54) is 16.7 Å². The van der Waals surface area contributed by atoms with Gasteiger partial charge in [-0.1, -0.05) is 36.4 Å². The predicted octanol–water partition coefficient (Wildman–Crippen LogP) is 4.55. The van der Waals surface area contributed by atoms with E-state index in [9.17, 15) is 9.59 Å². The first kappa shape index (κ1) is 21.8. The molecule has 7 heteroatoms. The van der Waals surface area contributed by atoms with E-state index in [4.69, 9.17) is 13.9 Å². The van der Waals surface area contributed by atoms with E-state index < -0.39 is 0 Å². The van der Waals surface area contributed by atoms with Crippen molar-refractivity contribution in [3.63, 3.8) is 0 Å². The Bertz CT molecular complexity index is 1140. The number of ether oxygens (including phenoxy) is 2. The number of rotatable bonds is 9. The lowest BCUT2D eigenvalue weighted by atomic mass is 10.1. The van der Waals surface area contributed by atoms with Gasteiger partial charge in [-0.3, -0.25) is 14.5 Å². The highest BCUT2D eigenvalue weighted by atomic mass is 32.2. The van der Waals surface area contributed by atoms with Crippen molar-refractivity contribution in [1.29, 1.82) is 0 Å². The monoisotopic (exact) mass is 449 g/mol. The van der Waals surface area contributed by atoms with Crippen LogP contribution < -0.4 is 9.47 Å². The van der Waals surface area contributed by atoms with Gasteiger partial charge in [0.05, 0.1) is 36.7 Å². The van der Waals surface area contributed by atoms with E-state index in [0.717, 1.165) is 16.9 Å². The summed E-state index contributed by atoms with van der Waals surface area (Å²) in [5.74, 6) is 1.92. The van der Waals surface area contributed by atoms with Crippen molar-refractivity contribution in [3.05, 3.63) is 88.7 Å². The Hall–Kier alpha value is -3.45. The average Bonchev–Trinajstić information content (AvgIpc) is 3.43. The van der Waals surface area contributed by atoms with Crippen molar-refractivity contribution < 1.29 is 23.5 Å². The summed E-state index contributed by atoms with van der Waals surface area (Å²) in [6.45, 7) is 0.272. The largest absolute Gasteiger partial charge is 0.493 e. The van der Waals surface area contributed by atoms with Gasteiger partial charge in [0.15, 0.2) is 11.5 Å². The van der Waals surface area contributed by atoms with Crippen LogP contribution in [0.5, 0.6) is 11.5 Å². The van der Waals surface area contributed by atoms with Crippen LogP contribution in [0.1, 0.15) is 16.9 Å². The quantitative estimate of drug-likeness (QED) is 0.447. The van der Waals surface area contributed by atoms with Crippen LogP contribution in [-0.4, -0.2) is 37.5 Å². The van der Waals surface area contributed by atoms with E-state index >= 15 is 0 Å². The summed E-state index contributed by atoms with van der Waals surface area (Å²) in [6, 6.07) is 18.6. The molecule has 0 bridgehead atoms. The molecule has 2 aromatic carbocycles. The zero-order valence-corrected chi connectivity index (χ0v) is 18.7. The summed E-state index contributed by atoms with van der Waals surface area (Å²) >= 11 is 1.33. The van der Waals surface area contributed by atoms with E-state index in [1.807, 2.05) is 54.6 Å². The summed E-state index contributed by atoms with van der Waals surface area (Å²) in [4.78, 5) is 28.3. The van der Waals surface area contributed by atoms with Crippen LogP contribution >= 0.6 is 11.8 Å². The van der Waals surface area contributed by atoms with Crippen LogP contribution in [0.15, 0.2) is 76.2 Å². The third kappa shape index (κ3) is 4.43. The van der Waals surface area contributed by atoms with E-state index in [-0.39, 0.29) is 18.4 Å². The molecule has 0 aliphatic carbocycles. The molecule has 3 aromatic rings. The van der Waals surface area contributed by atoms with Gasteiger partial charge < -0.3 is 13.9 Å². The molecule has 164 valence electrons. The first-order chi connectivity index (χ1) is 15.6. The van der Waals surface area contributed by atoms with Gasteiger partial charge in [0, 0.05) is 6.54 Å². The maximum atomic E-state index is 13.3. The van der Waals surface area contributed by atoms with E-state index in [1.54, 1.807) is 26.5 Å². The molecule has 0 N–H and O–H groups in total. The molecule has 32 heavy (non-hydrogen) atoms. The first-order valence-corrected chi connectivity index (χ1v) is 11.1. The molecule has 2 heterocycles. The number of hydrogen-bond donors (Lipinski definition) is 0. The second-order valence-electron chi connectivity index (χ2n) is 7.14. The number of carbonyl (C=O) groups is 2. The Kier molecular flexibility index (Phi) is 6.66. The zero-order valence-electron chi connectivity index (χ0n) is 17.9. The van der Waals surface area contributed by atoms with E-state index in [2.05, 4.69) is 0 Å². The van der Waals surface area contributed by atoms with E-state index in [0.29, 0.717) is 34.2 Å². The third-order valence-electron chi connectivity index (χ3n) is 5.20. The van der Waals surface area contributed by atoms with Gasteiger partial charge in [-0.25, -0.2) is 0 Å². The second-order valence-corrected chi connectivity index (χ2v) is 8.13. The molecular formula is C25H23NO5S. The zero-order chi connectivity index (χ0) is 22.5. The van der Waals surface area contributed by atoms with Crippen LogP contribution in [-0.2, 0) is 21.8 Å². The summed E-state index contributed by atoms with van der Waals surface area (Å²) in [7, 11) is 3.16. The maximum absolute atomic E-state index is 13.3. The fourth-order valence-electron chi connectivity index (χ4n) is 3.57. The molecule has 0 saturated heterocycles. The molecule has 0 unspecified atom stereocenters. The van der Waals surface area contributed by atoms with Gasteiger partial charge >= 0.3 is 0 Å². The smallest absolute Gasteiger partial charge is 0.268 e. The number of imide groups is 1. The summed E-state index contributed by atoms with van der Waals surface area (Å²) in [5.41, 5.74) is 2.13. The van der Waals surface area contributed by atoms with Crippen molar-refractivity contribution in [3.8, 4) is 11.5 Å². The minimum Gasteiger partial charge on any atom is -0.493 e. The SMILES string of the molecule is COc1ccc(CCN2C(=O)C(SCc3ccco3)=C(c3ccccc3)C2=O)cc1OC. The first-order valence-electron chi connectivity index (χ1n) is 10.1. The molecule has 1 aliphatic rings. The highest BCUT2D eigenvalue weighted by Crippen LogP contribution is 2.37. The lowest BCUT2D eigenvalue weighted by Gasteiger charge is -2.16. The minimum atomic E-state index is -0.274. The van der Waals surface area contributed by atoms with Crippen LogP contribution in [0.4, 0.5) is 0 Å². The molecule has 6 nitrogen and oxygen atoms in total. The van der Waals surface area contributed by atoms with Crippen LogP contribution in [0.2, 0.25) is 0 Å². The molecule has 0 radical (unpaired) electrons. The number of nitrogens with zero attached hydrogens (tertiary/aromatic N) is 1. The average molecular weight is 450 g/mol. The number of methoxy groups -OCH3 is 2. The molecule has 0 spiro atoms. The number of benzene rings is 2. The molecular weight excluding hydrogens is 426 g/mol. The van der Waals surface area contributed by atoms with Gasteiger partial charge in [-0.15, -0.1) is 11.8 Å². The maximum Gasteiger partial charge on any atom is 0.268 e. The normalized spacial score (nSPS) is 13.8. The number of furan rings is 1. The Morgan fingerprint density at radius 2 is 1.69 bits per heavy atom. The highest BCUT2D eigenvalue weighted by Gasteiger charge is 2.38. The third-order valence-corrected chi connectivity index (χ3v) is 6.30. The molecule has 1 aliphatic heterocycles. The second kappa shape index (κ2) is 9.78. The Morgan fingerprint density at radius 1 is 0.906 bits per heavy atom. The highest BCUT2D eigenvalue weighted by molar-refractivity contribution is 8.03. The molecule has 0 atom stereocenters. The van der Waals surface area contributed by atoms with Gasteiger partial charge in [-0.2, -0.15) is 0 Å². The van der Waals surface area contributed by atoms with Crippen molar-refractivity contribution in [2.45, 2.75) is 12.2 Å². The molecule has 0 fully saturated rings. The Labute approximate surface area is 190 Å². The summed E-state index contributed by atoms with van der Waals surface area (Å²) in [5, 5.41) is 0. The number of amides is 2. The number of hydrogen-bond acceptors (Lipinski definition) is 6. The minimum absolute atomic E-state index is 0.272. The summed E-state index contributed by atoms with van der Waals surface area (Å²) in [6.07, 6.45) is 2.11. The van der Waals surface area contributed by atoms with Gasteiger partial charge in [0.25, 0.3) is 11.8 Å². The summed E-state index contributed by atoms with van der Waals surface area (Å²) < 4.78 is 16.0. The molecule has 1 aromatic heterocycles. The Morgan fingerprint density at radius 3 is 2.38 bits per heavy atom. The van der Waals surface area contributed by atoms with Gasteiger partial charge in [0.1, 0.15) is 5.76 Å². The Balaban J connectivity index is 1.56. The fourth-order valence-corrected chi connectivity index (χ4v) is 4.60. The van der Waals surface area contributed by atoms with Crippen molar-refractivity contribution in [2.24, 2.45) is 0 Å². The lowest BCUT2D eigenvalue weighted by Crippen LogP contribution is -2.33. The number of thioether (sulfide) groups is 1. The van der Waals surface area contributed by atoms with Crippen LogP contribution in [0.3, 0.4) is 0 Å².